The van der Waals surface area contributed by atoms with Crippen LogP contribution in [0.1, 0.15) is 12.7 Å². The minimum atomic E-state index is 0.164. The van der Waals surface area contributed by atoms with Crippen LogP contribution in [0, 0.1) is 0 Å². The predicted molar refractivity (Wildman–Crippen MR) is 112 cm³/mol. The summed E-state index contributed by atoms with van der Waals surface area (Å²) in [7, 11) is 0. The number of allylic oxidation sites excluding steroid dienone is 5. The minimum absolute atomic E-state index is 0.164. The van der Waals surface area contributed by atoms with Gasteiger partial charge in [-0.2, -0.15) is 15.0 Å². The summed E-state index contributed by atoms with van der Waals surface area (Å²) in [5.74, 6) is 1.04. The van der Waals surface area contributed by atoms with Gasteiger partial charge in [0.1, 0.15) is 0 Å². The monoisotopic (exact) mass is 372 g/mol. The number of halogens is 1. The molecule has 0 aliphatic heterocycles. The van der Waals surface area contributed by atoms with Gasteiger partial charge in [0.2, 0.25) is 11.2 Å². The van der Waals surface area contributed by atoms with Crippen LogP contribution < -0.4 is 0 Å². The van der Waals surface area contributed by atoms with Crippen LogP contribution in [0.25, 0.3) is 33.3 Å². The molecule has 0 unspecified atom stereocenters. The van der Waals surface area contributed by atoms with Gasteiger partial charge < -0.3 is 0 Å². The number of para-hydroxylation sites is 2. The first-order valence-corrected chi connectivity index (χ1v) is 8.93. The standard InChI is InChI=1S/C22H17ClN4/c1-3-4-5-10-15(2)20-24-21(23)26-22(25-20)27-18-13-8-6-11-16(18)17-12-7-9-14-19(17)27/h3-14H,1H2,2H3/b5-4-,15-10+. The van der Waals surface area contributed by atoms with Crippen molar-refractivity contribution in [2.24, 2.45) is 0 Å². The van der Waals surface area contributed by atoms with E-state index in [1.165, 1.54) is 0 Å². The van der Waals surface area contributed by atoms with Crippen molar-refractivity contribution in [3.05, 3.63) is 90.5 Å². The second kappa shape index (κ2) is 7.17. The summed E-state index contributed by atoms with van der Waals surface area (Å²) in [4.78, 5) is 13.4. The Morgan fingerprint density at radius 1 is 0.926 bits per heavy atom. The van der Waals surface area contributed by atoms with Gasteiger partial charge in [0.15, 0.2) is 5.82 Å². The third-order valence-corrected chi connectivity index (χ3v) is 4.49. The summed E-state index contributed by atoms with van der Waals surface area (Å²) in [6, 6.07) is 16.4. The molecule has 0 atom stereocenters. The molecule has 0 bridgehead atoms. The molecule has 0 radical (unpaired) electrons. The Morgan fingerprint density at radius 2 is 1.56 bits per heavy atom. The number of fused-ring (bicyclic) bond motifs is 3. The van der Waals surface area contributed by atoms with Gasteiger partial charge in [-0.25, -0.2) is 0 Å². The lowest BCUT2D eigenvalue weighted by Crippen LogP contribution is -2.05. The molecule has 0 aliphatic rings. The summed E-state index contributed by atoms with van der Waals surface area (Å²) in [5, 5.41) is 2.46. The van der Waals surface area contributed by atoms with Gasteiger partial charge in [-0.1, -0.05) is 67.3 Å². The highest BCUT2D eigenvalue weighted by Crippen LogP contribution is 2.31. The van der Waals surface area contributed by atoms with Crippen LogP contribution in [-0.2, 0) is 0 Å². The number of aromatic nitrogens is 4. The van der Waals surface area contributed by atoms with Gasteiger partial charge in [0, 0.05) is 10.8 Å². The van der Waals surface area contributed by atoms with E-state index in [1.54, 1.807) is 6.08 Å². The second-order valence-corrected chi connectivity index (χ2v) is 6.41. The number of nitrogens with zero attached hydrogens (tertiary/aromatic N) is 4. The van der Waals surface area contributed by atoms with E-state index >= 15 is 0 Å². The van der Waals surface area contributed by atoms with Gasteiger partial charge in [0.05, 0.1) is 11.0 Å². The van der Waals surface area contributed by atoms with Gasteiger partial charge in [-0.05, 0) is 36.2 Å². The van der Waals surface area contributed by atoms with Crippen molar-refractivity contribution in [3.63, 3.8) is 0 Å². The van der Waals surface area contributed by atoms with E-state index in [2.05, 4.69) is 45.8 Å². The summed E-state index contributed by atoms with van der Waals surface area (Å²) in [5.41, 5.74) is 2.94. The zero-order chi connectivity index (χ0) is 18.8. The van der Waals surface area contributed by atoms with E-state index in [9.17, 15) is 0 Å². The smallest absolute Gasteiger partial charge is 0.239 e. The molecule has 0 saturated heterocycles. The molecule has 0 fully saturated rings. The third kappa shape index (κ3) is 3.15. The molecule has 0 amide bonds. The van der Waals surface area contributed by atoms with Crippen LogP contribution in [0.15, 0.2) is 79.4 Å². The van der Waals surface area contributed by atoms with Crippen molar-refractivity contribution in [3.8, 4) is 5.95 Å². The van der Waals surface area contributed by atoms with Crippen LogP contribution in [0.2, 0.25) is 5.28 Å². The Balaban J connectivity index is 1.97. The highest BCUT2D eigenvalue weighted by atomic mass is 35.5. The molecule has 0 spiro atoms. The molecule has 0 saturated carbocycles. The van der Waals surface area contributed by atoms with E-state index in [0.717, 1.165) is 27.4 Å². The molecule has 4 rings (SSSR count). The fourth-order valence-electron chi connectivity index (χ4n) is 3.11. The number of hydrogen-bond acceptors (Lipinski definition) is 3. The maximum absolute atomic E-state index is 6.24. The molecule has 0 N–H and O–H groups in total. The third-order valence-electron chi connectivity index (χ3n) is 4.32. The Kier molecular flexibility index (Phi) is 4.57. The van der Waals surface area contributed by atoms with E-state index in [1.807, 2.05) is 54.0 Å². The molecule has 27 heavy (non-hydrogen) atoms. The van der Waals surface area contributed by atoms with Gasteiger partial charge in [0.25, 0.3) is 0 Å². The zero-order valence-corrected chi connectivity index (χ0v) is 15.6. The summed E-state index contributed by atoms with van der Waals surface area (Å²) >= 11 is 6.24. The average Bonchev–Trinajstić information content (AvgIpc) is 3.02. The number of hydrogen-bond donors (Lipinski definition) is 0. The van der Waals surface area contributed by atoms with Crippen molar-refractivity contribution >= 4 is 39.0 Å². The first-order chi connectivity index (χ1) is 13.2. The van der Waals surface area contributed by atoms with E-state index in [4.69, 9.17) is 11.6 Å². The van der Waals surface area contributed by atoms with Crippen molar-refractivity contribution in [1.29, 1.82) is 0 Å². The topological polar surface area (TPSA) is 43.6 Å². The second-order valence-electron chi connectivity index (χ2n) is 6.07. The van der Waals surface area contributed by atoms with Gasteiger partial charge in [-0.15, -0.1) is 0 Å². The molecule has 4 nitrogen and oxygen atoms in total. The fraction of sp³-hybridized carbons (Fsp3) is 0.0455. The summed E-state index contributed by atoms with van der Waals surface area (Å²) in [6.45, 7) is 5.61. The summed E-state index contributed by atoms with van der Waals surface area (Å²) in [6.07, 6.45) is 7.37. The SMILES string of the molecule is C=C/C=C\C=C(/C)c1nc(Cl)nc(-n2c3ccccc3c3ccccc32)n1. The van der Waals surface area contributed by atoms with Crippen molar-refractivity contribution in [2.45, 2.75) is 6.92 Å². The highest BCUT2D eigenvalue weighted by molar-refractivity contribution is 6.28. The molecule has 2 aromatic heterocycles. The summed E-state index contributed by atoms with van der Waals surface area (Å²) < 4.78 is 2.02. The average molecular weight is 373 g/mol. The fourth-order valence-corrected chi connectivity index (χ4v) is 3.26. The quantitative estimate of drug-likeness (QED) is 0.427. The molecule has 0 aliphatic carbocycles. The van der Waals surface area contributed by atoms with E-state index in [0.29, 0.717) is 11.8 Å². The van der Waals surface area contributed by atoms with E-state index < -0.39 is 0 Å². The predicted octanol–water partition coefficient (Wildman–Crippen LogP) is 5.77. The van der Waals surface area contributed by atoms with Crippen LogP contribution in [0.5, 0.6) is 0 Å². The largest absolute Gasteiger partial charge is 0.278 e. The maximum atomic E-state index is 6.24. The van der Waals surface area contributed by atoms with Crippen molar-refractivity contribution in [1.82, 2.24) is 19.5 Å². The van der Waals surface area contributed by atoms with Gasteiger partial charge in [-0.3, -0.25) is 4.57 Å². The number of benzene rings is 2. The van der Waals surface area contributed by atoms with Crippen LogP contribution in [0.4, 0.5) is 0 Å². The lowest BCUT2D eigenvalue weighted by molar-refractivity contribution is 0.923. The Morgan fingerprint density at radius 3 is 2.19 bits per heavy atom. The highest BCUT2D eigenvalue weighted by Gasteiger charge is 2.15. The van der Waals surface area contributed by atoms with Crippen LogP contribution in [0.3, 0.4) is 0 Å². The molecule has 2 heterocycles. The normalized spacial score (nSPS) is 12.3. The minimum Gasteiger partial charge on any atom is -0.278 e. The molecule has 2 aromatic carbocycles. The Labute approximate surface area is 162 Å². The molecule has 132 valence electrons. The van der Waals surface area contributed by atoms with Gasteiger partial charge >= 0.3 is 0 Å². The molecule has 4 aromatic rings. The first kappa shape index (κ1) is 17.2. The first-order valence-electron chi connectivity index (χ1n) is 8.55. The Bertz CT molecular complexity index is 1160. The molecule has 5 heteroatoms. The zero-order valence-electron chi connectivity index (χ0n) is 14.8. The Hall–Kier alpha value is -3.24. The van der Waals surface area contributed by atoms with Crippen molar-refractivity contribution < 1.29 is 0 Å². The molecular weight excluding hydrogens is 356 g/mol. The number of rotatable bonds is 4. The van der Waals surface area contributed by atoms with E-state index in [-0.39, 0.29) is 5.28 Å². The lowest BCUT2D eigenvalue weighted by atomic mass is 10.2. The van der Waals surface area contributed by atoms with Crippen LogP contribution in [-0.4, -0.2) is 19.5 Å². The van der Waals surface area contributed by atoms with Crippen LogP contribution >= 0.6 is 11.6 Å². The lowest BCUT2D eigenvalue weighted by Gasteiger charge is -2.08. The molecular formula is C22H17ClN4. The van der Waals surface area contributed by atoms with Crippen molar-refractivity contribution in [2.75, 3.05) is 0 Å². The maximum Gasteiger partial charge on any atom is 0.239 e.